The molecule has 1 saturated carbocycles. The molecule has 0 atom stereocenters. The molecule has 88 valence electrons. The van der Waals surface area contributed by atoms with Gasteiger partial charge in [0.05, 0.1) is 6.10 Å². The Morgan fingerprint density at radius 1 is 1.25 bits per heavy atom. The number of benzene rings is 1. The second kappa shape index (κ2) is 4.12. The van der Waals surface area contributed by atoms with E-state index in [-0.39, 0.29) is 5.41 Å². The minimum absolute atomic E-state index is 0.202. The Hall–Kier alpha value is -0.980. The van der Waals surface area contributed by atoms with Crippen molar-refractivity contribution in [2.75, 3.05) is 0 Å². The van der Waals surface area contributed by atoms with Crippen LogP contribution >= 0.6 is 0 Å². The Labute approximate surface area is 98.8 Å². The average molecular weight is 218 g/mol. The van der Waals surface area contributed by atoms with Crippen LogP contribution in [0.15, 0.2) is 18.2 Å². The first-order chi connectivity index (χ1) is 7.50. The molecular weight excluding hydrogens is 196 g/mol. The zero-order chi connectivity index (χ0) is 11.8. The Balaban J connectivity index is 2.29. The highest BCUT2D eigenvalue weighted by Crippen LogP contribution is 2.33. The van der Waals surface area contributed by atoms with Crippen LogP contribution in [0.5, 0.6) is 5.75 Å². The Morgan fingerprint density at radius 3 is 2.44 bits per heavy atom. The van der Waals surface area contributed by atoms with E-state index in [0.717, 1.165) is 12.2 Å². The molecule has 2 rings (SSSR count). The third kappa shape index (κ3) is 2.58. The topological polar surface area (TPSA) is 9.23 Å². The van der Waals surface area contributed by atoms with E-state index in [4.69, 9.17) is 4.74 Å². The van der Waals surface area contributed by atoms with Crippen LogP contribution in [-0.2, 0) is 11.8 Å². The van der Waals surface area contributed by atoms with Gasteiger partial charge in [-0.3, -0.25) is 0 Å². The van der Waals surface area contributed by atoms with Crippen molar-refractivity contribution in [1.29, 1.82) is 0 Å². The van der Waals surface area contributed by atoms with E-state index in [1.807, 2.05) is 0 Å². The second-order valence-electron chi connectivity index (χ2n) is 5.74. The van der Waals surface area contributed by atoms with Crippen LogP contribution in [-0.4, -0.2) is 6.10 Å². The molecular formula is C15H22O. The minimum atomic E-state index is 0.202. The molecule has 0 spiro atoms. The number of hydrogen-bond acceptors (Lipinski definition) is 1. The summed E-state index contributed by atoms with van der Waals surface area (Å²) in [6.07, 6.45) is 3.98. The summed E-state index contributed by atoms with van der Waals surface area (Å²) in [7, 11) is 0. The summed E-state index contributed by atoms with van der Waals surface area (Å²) in [5.74, 6) is 1.11. The van der Waals surface area contributed by atoms with Crippen LogP contribution < -0.4 is 4.74 Å². The van der Waals surface area contributed by atoms with Gasteiger partial charge in [-0.1, -0.05) is 39.8 Å². The van der Waals surface area contributed by atoms with E-state index in [9.17, 15) is 0 Å². The molecule has 0 aliphatic heterocycles. The van der Waals surface area contributed by atoms with E-state index in [2.05, 4.69) is 45.9 Å². The van der Waals surface area contributed by atoms with Crippen molar-refractivity contribution in [1.82, 2.24) is 0 Å². The molecule has 0 heterocycles. The SMILES string of the molecule is CCc1ccc(C(C)(C)C)cc1OC1CC1. The average Bonchev–Trinajstić information content (AvgIpc) is 3.00. The van der Waals surface area contributed by atoms with Gasteiger partial charge in [0.25, 0.3) is 0 Å². The molecule has 1 nitrogen and oxygen atoms in total. The summed E-state index contributed by atoms with van der Waals surface area (Å²) in [5, 5.41) is 0. The molecule has 0 N–H and O–H groups in total. The van der Waals surface area contributed by atoms with Gasteiger partial charge in [0.1, 0.15) is 5.75 Å². The third-order valence-corrected chi connectivity index (χ3v) is 3.13. The third-order valence-electron chi connectivity index (χ3n) is 3.13. The molecule has 0 amide bonds. The van der Waals surface area contributed by atoms with Gasteiger partial charge in [-0.15, -0.1) is 0 Å². The highest BCUT2D eigenvalue weighted by molar-refractivity contribution is 5.40. The molecule has 1 aliphatic carbocycles. The van der Waals surface area contributed by atoms with Gasteiger partial charge in [0.2, 0.25) is 0 Å². The van der Waals surface area contributed by atoms with Crippen molar-refractivity contribution in [3.8, 4) is 5.75 Å². The van der Waals surface area contributed by atoms with Crippen LogP contribution in [0, 0.1) is 0 Å². The maximum Gasteiger partial charge on any atom is 0.123 e. The smallest absolute Gasteiger partial charge is 0.123 e. The highest BCUT2D eigenvalue weighted by Gasteiger charge is 2.25. The van der Waals surface area contributed by atoms with Crippen LogP contribution in [0.25, 0.3) is 0 Å². The number of ether oxygens (including phenoxy) is 1. The lowest BCUT2D eigenvalue weighted by atomic mass is 9.86. The van der Waals surface area contributed by atoms with Crippen molar-refractivity contribution < 1.29 is 4.74 Å². The van der Waals surface area contributed by atoms with Crippen LogP contribution in [0.1, 0.15) is 51.7 Å². The van der Waals surface area contributed by atoms with Crippen molar-refractivity contribution in [3.63, 3.8) is 0 Å². The Bertz CT molecular complexity index is 370. The zero-order valence-electron chi connectivity index (χ0n) is 10.8. The van der Waals surface area contributed by atoms with E-state index in [1.54, 1.807) is 0 Å². The number of hydrogen-bond donors (Lipinski definition) is 0. The molecule has 1 heteroatoms. The van der Waals surface area contributed by atoms with E-state index < -0.39 is 0 Å². The Kier molecular flexibility index (Phi) is 2.96. The van der Waals surface area contributed by atoms with Crippen molar-refractivity contribution in [3.05, 3.63) is 29.3 Å². The Morgan fingerprint density at radius 2 is 1.94 bits per heavy atom. The molecule has 0 unspecified atom stereocenters. The molecule has 0 saturated heterocycles. The van der Waals surface area contributed by atoms with Gasteiger partial charge in [-0.25, -0.2) is 0 Å². The summed E-state index contributed by atoms with van der Waals surface area (Å²) < 4.78 is 5.98. The van der Waals surface area contributed by atoms with Crippen LogP contribution in [0.3, 0.4) is 0 Å². The van der Waals surface area contributed by atoms with Crippen molar-refractivity contribution >= 4 is 0 Å². The standard InChI is InChI=1S/C15H22O/c1-5-11-6-7-12(15(2,3)4)10-14(11)16-13-8-9-13/h6-7,10,13H,5,8-9H2,1-4H3. The molecule has 0 aromatic heterocycles. The predicted molar refractivity (Wildman–Crippen MR) is 68.2 cm³/mol. The van der Waals surface area contributed by atoms with Crippen molar-refractivity contribution in [2.45, 2.75) is 58.5 Å². The van der Waals surface area contributed by atoms with Crippen LogP contribution in [0.4, 0.5) is 0 Å². The summed E-state index contributed by atoms with van der Waals surface area (Å²) >= 11 is 0. The summed E-state index contributed by atoms with van der Waals surface area (Å²) in [6, 6.07) is 6.69. The fraction of sp³-hybridized carbons (Fsp3) is 0.600. The summed E-state index contributed by atoms with van der Waals surface area (Å²) in [5.41, 5.74) is 2.90. The van der Waals surface area contributed by atoms with Gasteiger partial charge in [-0.2, -0.15) is 0 Å². The zero-order valence-corrected chi connectivity index (χ0v) is 10.8. The fourth-order valence-electron chi connectivity index (χ4n) is 1.79. The van der Waals surface area contributed by atoms with E-state index in [0.29, 0.717) is 6.10 Å². The van der Waals surface area contributed by atoms with Gasteiger partial charge in [0.15, 0.2) is 0 Å². The predicted octanol–water partition coefficient (Wildman–Crippen LogP) is 4.09. The molecule has 0 radical (unpaired) electrons. The maximum atomic E-state index is 5.98. The first-order valence-corrected chi connectivity index (χ1v) is 6.31. The lowest BCUT2D eigenvalue weighted by Crippen LogP contribution is -2.12. The van der Waals surface area contributed by atoms with E-state index in [1.165, 1.54) is 24.0 Å². The normalized spacial score (nSPS) is 16.2. The fourth-order valence-corrected chi connectivity index (χ4v) is 1.79. The molecule has 1 aromatic rings. The molecule has 0 bridgehead atoms. The van der Waals surface area contributed by atoms with E-state index >= 15 is 0 Å². The summed E-state index contributed by atoms with van der Waals surface area (Å²) in [4.78, 5) is 0. The first kappa shape index (κ1) is 11.5. The molecule has 1 aliphatic rings. The monoisotopic (exact) mass is 218 g/mol. The lowest BCUT2D eigenvalue weighted by molar-refractivity contribution is 0.299. The second-order valence-corrected chi connectivity index (χ2v) is 5.74. The number of aryl methyl sites for hydroxylation is 1. The number of rotatable bonds is 3. The minimum Gasteiger partial charge on any atom is -0.490 e. The molecule has 16 heavy (non-hydrogen) atoms. The van der Waals surface area contributed by atoms with Crippen molar-refractivity contribution in [2.24, 2.45) is 0 Å². The highest BCUT2D eigenvalue weighted by atomic mass is 16.5. The molecule has 1 aromatic carbocycles. The van der Waals surface area contributed by atoms with Gasteiger partial charge in [0, 0.05) is 0 Å². The maximum absolute atomic E-state index is 5.98. The van der Waals surface area contributed by atoms with Crippen LogP contribution in [0.2, 0.25) is 0 Å². The summed E-state index contributed by atoms with van der Waals surface area (Å²) in [6.45, 7) is 8.92. The van der Waals surface area contributed by atoms with Gasteiger partial charge >= 0.3 is 0 Å². The molecule has 1 fully saturated rings. The van der Waals surface area contributed by atoms with Gasteiger partial charge in [-0.05, 0) is 41.9 Å². The first-order valence-electron chi connectivity index (χ1n) is 6.31. The quantitative estimate of drug-likeness (QED) is 0.742. The largest absolute Gasteiger partial charge is 0.490 e. The van der Waals surface area contributed by atoms with Gasteiger partial charge < -0.3 is 4.74 Å². The lowest BCUT2D eigenvalue weighted by Gasteiger charge is -2.21.